The van der Waals surface area contributed by atoms with Crippen molar-refractivity contribution in [2.75, 3.05) is 0 Å². The molecule has 100 valence electrons. The molecule has 19 heavy (non-hydrogen) atoms. The van der Waals surface area contributed by atoms with E-state index in [2.05, 4.69) is 9.97 Å². The van der Waals surface area contributed by atoms with Crippen molar-refractivity contribution in [2.45, 2.75) is 19.3 Å². The van der Waals surface area contributed by atoms with Crippen LogP contribution < -0.4 is 0 Å². The number of benzene rings is 1. The molecule has 0 aliphatic heterocycles. The van der Waals surface area contributed by atoms with Crippen LogP contribution in [0.5, 0.6) is 0 Å². The minimum absolute atomic E-state index is 0.0138. The normalized spacial score (nSPS) is 11.6. The van der Waals surface area contributed by atoms with Gasteiger partial charge >= 0.3 is 5.97 Å². The maximum Gasteiger partial charge on any atom is 0.316 e. The molecule has 0 unspecified atom stereocenters. The first-order valence-electron chi connectivity index (χ1n) is 5.56. The molecule has 0 radical (unpaired) electrons. The summed E-state index contributed by atoms with van der Waals surface area (Å²) in [5.74, 6) is -2.07. The molecule has 0 saturated carbocycles. The highest BCUT2D eigenvalue weighted by molar-refractivity contribution is 5.79. The van der Waals surface area contributed by atoms with Crippen molar-refractivity contribution in [1.82, 2.24) is 9.97 Å². The molecule has 0 saturated heterocycles. The van der Waals surface area contributed by atoms with E-state index in [0.717, 1.165) is 18.2 Å². The van der Waals surface area contributed by atoms with E-state index in [9.17, 15) is 13.6 Å². The fourth-order valence-corrected chi connectivity index (χ4v) is 1.58. The Morgan fingerprint density at radius 3 is 2.68 bits per heavy atom. The first-order chi connectivity index (χ1) is 8.82. The van der Waals surface area contributed by atoms with Gasteiger partial charge in [-0.3, -0.25) is 4.79 Å². The number of H-pyrrole nitrogens is 1. The van der Waals surface area contributed by atoms with Gasteiger partial charge in [-0.15, -0.1) is 0 Å². The second kappa shape index (κ2) is 4.46. The number of carboxylic acid groups (broad SMARTS) is 1. The van der Waals surface area contributed by atoms with Crippen LogP contribution in [0.1, 0.15) is 19.7 Å². The van der Waals surface area contributed by atoms with E-state index in [1.165, 1.54) is 20.0 Å². The van der Waals surface area contributed by atoms with Crippen LogP contribution in [0, 0.1) is 11.6 Å². The molecule has 6 heteroatoms. The number of nitrogens with zero attached hydrogens (tertiary/aromatic N) is 1. The van der Waals surface area contributed by atoms with Gasteiger partial charge in [-0.2, -0.15) is 0 Å². The number of aliphatic carboxylic acids is 1. The zero-order valence-corrected chi connectivity index (χ0v) is 10.4. The molecule has 1 aromatic heterocycles. The van der Waals surface area contributed by atoms with Crippen LogP contribution in [-0.4, -0.2) is 21.0 Å². The van der Waals surface area contributed by atoms with E-state index in [4.69, 9.17) is 5.11 Å². The number of aromatic amines is 1. The second-order valence-corrected chi connectivity index (χ2v) is 4.70. The molecule has 2 N–H and O–H groups in total. The first-order valence-corrected chi connectivity index (χ1v) is 5.56. The Morgan fingerprint density at radius 1 is 1.37 bits per heavy atom. The summed E-state index contributed by atoms with van der Waals surface area (Å²) in [6.07, 6.45) is 1.29. The molecule has 2 aromatic rings. The van der Waals surface area contributed by atoms with Crippen molar-refractivity contribution in [2.24, 2.45) is 0 Å². The van der Waals surface area contributed by atoms with Gasteiger partial charge < -0.3 is 10.1 Å². The van der Waals surface area contributed by atoms with Crippen LogP contribution in [0.3, 0.4) is 0 Å². The monoisotopic (exact) mass is 266 g/mol. The van der Waals surface area contributed by atoms with Crippen molar-refractivity contribution in [3.05, 3.63) is 41.9 Å². The molecule has 0 aliphatic rings. The van der Waals surface area contributed by atoms with E-state index in [-0.39, 0.29) is 17.1 Å². The quantitative estimate of drug-likeness (QED) is 0.897. The van der Waals surface area contributed by atoms with Crippen molar-refractivity contribution >= 4 is 5.97 Å². The van der Waals surface area contributed by atoms with E-state index in [1.54, 1.807) is 0 Å². The van der Waals surface area contributed by atoms with Gasteiger partial charge in [0.05, 0.1) is 11.9 Å². The maximum absolute atomic E-state index is 13.6. The topological polar surface area (TPSA) is 66.0 Å². The second-order valence-electron chi connectivity index (χ2n) is 4.70. The summed E-state index contributed by atoms with van der Waals surface area (Å²) < 4.78 is 26.7. The van der Waals surface area contributed by atoms with Crippen molar-refractivity contribution < 1.29 is 18.7 Å². The minimum Gasteiger partial charge on any atom is -0.481 e. The lowest BCUT2D eigenvalue weighted by Gasteiger charge is -2.15. The highest BCUT2D eigenvalue weighted by Gasteiger charge is 2.32. The number of nitrogens with one attached hydrogen (secondary N) is 1. The highest BCUT2D eigenvalue weighted by Crippen LogP contribution is 2.26. The molecule has 1 aromatic carbocycles. The molecule has 0 amide bonds. The Bertz CT molecular complexity index is 635. The molecule has 0 atom stereocenters. The van der Waals surface area contributed by atoms with Crippen LogP contribution in [0.4, 0.5) is 8.78 Å². The summed E-state index contributed by atoms with van der Waals surface area (Å²) in [5.41, 5.74) is -0.983. The van der Waals surface area contributed by atoms with Gasteiger partial charge in [0.1, 0.15) is 22.9 Å². The lowest BCUT2D eigenvalue weighted by atomic mass is 9.93. The Balaban J connectivity index is 2.47. The van der Waals surface area contributed by atoms with Gasteiger partial charge in [-0.25, -0.2) is 13.8 Å². The number of hydrogen-bond donors (Lipinski definition) is 2. The lowest BCUT2D eigenvalue weighted by molar-refractivity contribution is -0.142. The average molecular weight is 266 g/mol. The summed E-state index contributed by atoms with van der Waals surface area (Å²) in [6, 6.07) is 3.05. The molecule has 0 spiro atoms. The molecule has 4 nitrogen and oxygen atoms in total. The number of carbonyl (C=O) groups is 1. The Morgan fingerprint density at radius 2 is 2.05 bits per heavy atom. The van der Waals surface area contributed by atoms with E-state index in [1.807, 2.05) is 0 Å². The largest absolute Gasteiger partial charge is 0.481 e. The molecule has 1 heterocycles. The number of rotatable bonds is 3. The number of carboxylic acids is 1. The first kappa shape index (κ1) is 13.2. The number of halogens is 2. The van der Waals surface area contributed by atoms with Gasteiger partial charge in [0.15, 0.2) is 0 Å². The number of hydrogen-bond acceptors (Lipinski definition) is 2. The van der Waals surface area contributed by atoms with Gasteiger partial charge in [0.2, 0.25) is 0 Å². The molecule has 0 aliphatic carbocycles. The van der Waals surface area contributed by atoms with Crippen molar-refractivity contribution in [3.63, 3.8) is 0 Å². The fourth-order valence-electron chi connectivity index (χ4n) is 1.58. The third-order valence-corrected chi connectivity index (χ3v) is 2.92. The predicted octanol–water partition coefficient (Wildman–Crippen LogP) is 2.72. The standard InChI is InChI=1S/C13H12F2N2O2/c1-13(2,12(18)19)11-16-6-10(17-11)8-5-7(14)3-4-9(8)15/h3-6H,1-2H3,(H,16,17)(H,18,19). The van der Waals surface area contributed by atoms with Crippen LogP contribution in [0.2, 0.25) is 0 Å². The number of aromatic nitrogens is 2. The van der Waals surface area contributed by atoms with Crippen LogP contribution in [-0.2, 0) is 10.2 Å². The Hall–Kier alpha value is -2.24. The Kier molecular flexibility index (Phi) is 3.09. The van der Waals surface area contributed by atoms with E-state index >= 15 is 0 Å². The Labute approximate surface area is 108 Å². The van der Waals surface area contributed by atoms with Crippen molar-refractivity contribution in [3.8, 4) is 11.3 Å². The van der Waals surface area contributed by atoms with Crippen LogP contribution in [0.25, 0.3) is 11.3 Å². The molecule has 0 fully saturated rings. The van der Waals surface area contributed by atoms with Crippen molar-refractivity contribution in [1.29, 1.82) is 0 Å². The smallest absolute Gasteiger partial charge is 0.316 e. The third kappa shape index (κ3) is 2.33. The summed E-state index contributed by atoms with van der Waals surface area (Å²) in [4.78, 5) is 17.7. The third-order valence-electron chi connectivity index (χ3n) is 2.92. The van der Waals surface area contributed by atoms with Gasteiger partial charge in [-0.1, -0.05) is 0 Å². The maximum atomic E-state index is 13.6. The zero-order valence-electron chi connectivity index (χ0n) is 10.4. The van der Waals surface area contributed by atoms with Gasteiger partial charge in [-0.05, 0) is 32.0 Å². The number of imidazole rings is 1. The fraction of sp³-hybridized carbons (Fsp3) is 0.231. The van der Waals surface area contributed by atoms with E-state index < -0.39 is 23.0 Å². The molecular weight excluding hydrogens is 254 g/mol. The lowest BCUT2D eigenvalue weighted by Crippen LogP contribution is -2.29. The minimum atomic E-state index is -1.23. The summed E-state index contributed by atoms with van der Waals surface area (Å²) in [5, 5.41) is 9.08. The van der Waals surface area contributed by atoms with E-state index in [0.29, 0.717) is 0 Å². The van der Waals surface area contributed by atoms with Gasteiger partial charge in [0.25, 0.3) is 0 Å². The summed E-state index contributed by atoms with van der Waals surface area (Å²) >= 11 is 0. The molecule has 2 rings (SSSR count). The van der Waals surface area contributed by atoms with Gasteiger partial charge in [0, 0.05) is 5.56 Å². The average Bonchev–Trinajstić information content (AvgIpc) is 2.82. The SMILES string of the molecule is CC(C)(C(=O)O)c1ncc(-c2cc(F)ccc2F)[nH]1. The molecule has 0 bridgehead atoms. The zero-order chi connectivity index (χ0) is 14.2. The van der Waals surface area contributed by atoms with Crippen LogP contribution >= 0.6 is 0 Å². The molecular formula is C13H12F2N2O2. The highest BCUT2D eigenvalue weighted by atomic mass is 19.1. The summed E-state index contributed by atoms with van der Waals surface area (Å²) in [7, 11) is 0. The van der Waals surface area contributed by atoms with Crippen LogP contribution in [0.15, 0.2) is 24.4 Å². The summed E-state index contributed by atoms with van der Waals surface area (Å²) in [6.45, 7) is 2.94. The predicted molar refractivity (Wildman–Crippen MR) is 64.6 cm³/mol.